The highest BCUT2D eigenvalue weighted by molar-refractivity contribution is 9.09. The Balaban J connectivity index is 2.45. The molecule has 0 unspecified atom stereocenters. The molecule has 0 aromatic carbocycles. The third-order valence-electron chi connectivity index (χ3n) is 4.59. The van der Waals surface area contributed by atoms with Gasteiger partial charge in [-0.25, -0.2) is 0 Å². The molecule has 2 aliphatic rings. The second kappa shape index (κ2) is 3.10. The molecule has 2 saturated carbocycles. The van der Waals surface area contributed by atoms with Gasteiger partial charge in [0.05, 0.1) is 0 Å². The molecule has 13 heavy (non-hydrogen) atoms. The monoisotopic (exact) mass is 306 g/mol. The van der Waals surface area contributed by atoms with Crippen molar-refractivity contribution in [2.45, 2.75) is 26.2 Å². The SMILES string of the molecule is C=C1C[C@H]2CC[C@]1(CBr)[C@]2(C)CBr. The van der Waals surface area contributed by atoms with Crippen LogP contribution in [0.15, 0.2) is 12.2 Å². The highest BCUT2D eigenvalue weighted by Gasteiger charge is 2.61. The van der Waals surface area contributed by atoms with Crippen LogP contribution in [-0.4, -0.2) is 10.7 Å². The van der Waals surface area contributed by atoms with Crippen LogP contribution in [0.5, 0.6) is 0 Å². The highest BCUT2D eigenvalue weighted by atomic mass is 79.9. The van der Waals surface area contributed by atoms with Crippen LogP contribution in [0.2, 0.25) is 0 Å². The van der Waals surface area contributed by atoms with Gasteiger partial charge in [-0.15, -0.1) is 0 Å². The smallest absolute Gasteiger partial charge is 0.0131 e. The first-order valence-corrected chi connectivity index (χ1v) is 7.15. The Labute approximate surface area is 97.4 Å². The number of hydrogen-bond donors (Lipinski definition) is 0. The van der Waals surface area contributed by atoms with Crippen LogP contribution in [-0.2, 0) is 0 Å². The lowest BCUT2D eigenvalue weighted by Crippen LogP contribution is -2.36. The molecule has 0 aliphatic heterocycles. The van der Waals surface area contributed by atoms with Crippen molar-refractivity contribution in [2.24, 2.45) is 16.7 Å². The summed E-state index contributed by atoms with van der Waals surface area (Å²) < 4.78 is 0. The van der Waals surface area contributed by atoms with E-state index < -0.39 is 0 Å². The Morgan fingerprint density at radius 3 is 2.54 bits per heavy atom. The van der Waals surface area contributed by atoms with Crippen LogP contribution in [0.1, 0.15) is 26.2 Å². The zero-order valence-corrected chi connectivity index (χ0v) is 11.2. The van der Waals surface area contributed by atoms with E-state index in [4.69, 9.17) is 0 Å². The van der Waals surface area contributed by atoms with Crippen molar-refractivity contribution in [1.82, 2.24) is 0 Å². The summed E-state index contributed by atoms with van der Waals surface area (Å²) in [6.45, 7) is 6.70. The second-order valence-electron chi connectivity index (χ2n) is 4.81. The first-order chi connectivity index (χ1) is 6.10. The van der Waals surface area contributed by atoms with Crippen LogP contribution in [0.3, 0.4) is 0 Å². The van der Waals surface area contributed by atoms with E-state index >= 15 is 0 Å². The summed E-state index contributed by atoms with van der Waals surface area (Å²) in [7, 11) is 0. The Hall–Kier alpha value is 0.700. The van der Waals surface area contributed by atoms with E-state index in [1.165, 1.54) is 24.8 Å². The summed E-state index contributed by atoms with van der Waals surface area (Å²) in [5.41, 5.74) is 2.33. The quantitative estimate of drug-likeness (QED) is 0.531. The molecule has 0 amide bonds. The van der Waals surface area contributed by atoms with E-state index in [-0.39, 0.29) is 0 Å². The van der Waals surface area contributed by atoms with E-state index in [1.807, 2.05) is 0 Å². The zero-order chi connectivity index (χ0) is 9.69. The van der Waals surface area contributed by atoms with Crippen molar-refractivity contribution >= 4 is 31.9 Å². The number of allylic oxidation sites excluding steroid dienone is 1. The lowest BCUT2D eigenvalue weighted by Gasteiger charge is -2.39. The number of alkyl halides is 2. The fourth-order valence-electron chi connectivity index (χ4n) is 3.37. The summed E-state index contributed by atoms with van der Waals surface area (Å²) in [4.78, 5) is 0. The van der Waals surface area contributed by atoms with Gasteiger partial charge in [0.25, 0.3) is 0 Å². The van der Waals surface area contributed by atoms with Crippen LogP contribution in [0, 0.1) is 16.7 Å². The van der Waals surface area contributed by atoms with Crippen molar-refractivity contribution in [3.8, 4) is 0 Å². The van der Waals surface area contributed by atoms with Crippen LogP contribution >= 0.6 is 31.9 Å². The van der Waals surface area contributed by atoms with Gasteiger partial charge in [-0.3, -0.25) is 0 Å². The van der Waals surface area contributed by atoms with Crippen LogP contribution in [0.25, 0.3) is 0 Å². The van der Waals surface area contributed by atoms with Crippen molar-refractivity contribution in [3.05, 3.63) is 12.2 Å². The van der Waals surface area contributed by atoms with Crippen LogP contribution < -0.4 is 0 Å². The highest BCUT2D eigenvalue weighted by Crippen LogP contribution is 2.68. The van der Waals surface area contributed by atoms with Crippen molar-refractivity contribution in [2.75, 3.05) is 10.7 Å². The Morgan fingerprint density at radius 1 is 1.46 bits per heavy atom. The van der Waals surface area contributed by atoms with Gasteiger partial charge < -0.3 is 0 Å². The summed E-state index contributed by atoms with van der Waals surface area (Å²) in [6.07, 6.45) is 3.99. The molecular formula is C11H16Br2. The van der Waals surface area contributed by atoms with E-state index in [0.29, 0.717) is 10.8 Å². The molecule has 0 saturated heterocycles. The predicted octanol–water partition coefficient (Wildman–Crippen LogP) is 4.14. The van der Waals surface area contributed by atoms with Gasteiger partial charge in [0.1, 0.15) is 0 Å². The molecule has 2 bridgehead atoms. The van der Waals surface area contributed by atoms with Crippen molar-refractivity contribution in [3.63, 3.8) is 0 Å². The lowest BCUT2D eigenvalue weighted by atomic mass is 9.69. The molecule has 74 valence electrons. The molecule has 0 N–H and O–H groups in total. The molecular weight excluding hydrogens is 292 g/mol. The van der Waals surface area contributed by atoms with E-state index in [1.54, 1.807) is 0 Å². The lowest BCUT2D eigenvalue weighted by molar-refractivity contribution is 0.194. The molecule has 2 aliphatic carbocycles. The molecule has 0 aromatic heterocycles. The van der Waals surface area contributed by atoms with Gasteiger partial charge in [0, 0.05) is 16.1 Å². The molecule has 0 radical (unpaired) electrons. The maximum absolute atomic E-state index is 4.27. The minimum atomic E-state index is 0.390. The largest absolute Gasteiger partial charge is 0.0992 e. The van der Waals surface area contributed by atoms with E-state index in [2.05, 4.69) is 45.4 Å². The van der Waals surface area contributed by atoms with Gasteiger partial charge >= 0.3 is 0 Å². The van der Waals surface area contributed by atoms with Crippen molar-refractivity contribution < 1.29 is 0 Å². The molecule has 0 nitrogen and oxygen atoms in total. The van der Waals surface area contributed by atoms with Gasteiger partial charge in [0.2, 0.25) is 0 Å². The Kier molecular flexibility index (Phi) is 2.43. The maximum atomic E-state index is 4.27. The second-order valence-corrected chi connectivity index (χ2v) is 5.93. The third kappa shape index (κ3) is 1.02. The third-order valence-corrected chi connectivity index (χ3v) is 6.71. The molecule has 2 heteroatoms. The zero-order valence-electron chi connectivity index (χ0n) is 8.08. The average molecular weight is 308 g/mol. The number of halogens is 2. The number of hydrogen-bond acceptors (Lipinski definition) is 0. The predicted molar refractivity (Wildman–Crippen MR) is 64.6 cm³/mol. The summed E-state index contributed by atoms with van der Waals surface area (Å²) in [5, 5.41) is 2.22. The summed E-state index contributed by atoms with van der Waals surface area (Å²) in [5.74, 6) is 0.872. The minimum Gasteiger partial charge on any atom is -0.0992 e. The van der Waals surface area contributed by atoms with Gasteiger partial charge in [-0.2, -0.15) is 0 Å². The first-order valence-electron chi connectivity index (χ1n) is 4.91. The Bertz CT molecular complexity index is 248. The number of rotatable bonds is 2. The topological polar surface area (TPSA) is 0 Å². The van der Waals surface area contributed by atoms with Crippen molar-refractivity contribution in [1.29, 1.82) is 0 Å². The molecule has 2 fully saturated rings. The molecule has 0 aromatic rings. The van der Waals surface area contributed by atoms with Gasteiger partial charge in [-0.05, 0) is 30.6 Å². The van der Waals surface area contributed by atoms with Gasteiger partial charge in [-0.1, -0.05) is 50.9 Å². The fraction of sp³-hybridized carbons (Fsp3) is 0.818. The Morgan fingerprint density at radius 2 is 2.15 bits per heavy atom. The molecule has 0 heterocycles. The van der Waals surface area contributed by atoms with E-state index in [9.17, 15) is 0 Å². The minimum absolute atomic E-state index is 0.390. The summed E-state index contributed by atoms with van der Waals surface area (Å²) in [6, 6.07) is 0. The summed E-state index contributed by atoms with van der Waals surface area (Å²) >= 11 is 7.39. The molecule has 0 spiro atoms. The standard InChI is InChI=1S/C11H16Br2/c1-8-5-9-3-4-11(8,7-13)10(9,2)6-12/h9H,1,3-7H2,2H3/t9-,10-,11-/m1/s1. The maximum Gasteiger partial charge on any atom is 0.0131 e. The average Bonchev–Trinajstić information content (AvgIpc) is 2.53. The number of fused-ring (bicyclic) bond motifs is 2. The van der Waals surface area contributed by atoms with Gasteiger partial charge in [0.15, 0.2) is 0 Å². The first kappa shape index (κ1) is 10.2. The van der Waals surface area contributed by atoms with Crippen LogP contribution in [0.4, 0.5) is 0 Å². The van der Waals surface area contributed by atoms with E-state index in [0.717, 1.165) is 16.6 Å². The normalized spacial score (nSPS) is 48.8. The molecule has 2 rings (SSSR count). The molecule has 3 atom stereocenters. The fourth-order valence-corrected chi connectivity index (χ4v) is 5.68.